The molecule has 2 heterocycles. The Morgan fingerprint density at radius 3 is 2.39 bits per heavy atom. The fourth-order valence-corrected chi connectivity index (χ4v) is 6.92. The van der Waals surface area contributed by atoms with E-state index in [4.69, 9.17) is 23.2 Å². The normalized spacial score (nSPS) is 19.5. The van der Waals surface area contributed by atoms with E-state index in [-0.39, 0.29) is 44.9 Å². The van der Waals surface area contributed by atoms with Gasteiger partial charge in [0.15, 0.2) is 4.36 Å². The molecule has 0 saturated heterocycles. The first kappa shape index (κ1) is 28.2. The number of carbonyl (C=O) groups excluding carboxylic acids is 1. The number of aliphatic hydroxyl groups excluding tert-OH is 1. The summed E-state index contributed by atoms with van der Waals surface area (Å²) in [7, 11) is -8.08. The Morgan fingerprint density at radius 1 is 1.16 bits per heavy atom. The average molecular weight is 605 g/mol. The van der Waals surface area contributed by atoms with Crippen LogP contribution in [0.25, 0.3) is 0 Å². The van der Waals surface area contributed by atoms with Crippen LogP contribution in [-0.4, -0.2) is 45.0 Å². The van der Waals surface area contributed by atoms with Crippen molar-refractivity contribution >= 4 is 60.3 Å². The zero-order chi connectivity index (χ0) is 28.4. The highest BCUT2D eigenvalue weighted by Gasteiger charge is 2.48. The number of carbonyl (C=O) groups is 1. The number of sulfonamides is 1. The van der Waals surface area contributed by atoms with Crippen LogP contribution < -0.4 is 10.0 Å². The number of sulfone groups is 1. The predicted octanol–water partition coefficient (Wildman–Crippen LogP) is 4.73. The summed E-state index contributed by atoms with van der Waals surface area (Å²) in [6, 6.07) is 6.87. The number of rotatable bonds is 5. The highest BCUT2D eigenvalue weighted by atomic mass is 35.5. The van der Waals surface area contributed by atoms with Crippen LogP contribution in [0.4, 0.5) is 15.8 Å². The minimum atomic E-state index is -4.40. The van der Waals surface area contributed by atoms with Gasteiger partial charge < -0.3 is 15.3 Å². The fraction of sp³-hybridized carbons (Fsp3) is 0.292. The molecule has 0 bridgehead atoms. The van der Waals surface area contributed by atoms with Gasteiger partial charge in [0.1, 0.15) is 17.1 Å². The van der Waals surface area contributed by atoms with Crippen LogP contribution in [-0.2, 0) is 31.2 Å². The van der Waals surface area contributed by atoms with Crippen molar-refractivity contribution in [2.45, 2.75) is 38.3 Å². The minimum Gasteiger partial charge on any atom is -0.509 e. The number of nitrogens with one attached hydrogen (secondary N) is 2. The van der Waals surface area contributed by atoms with Crippen molar-refractivity contribution in [3.63, 3.8) is 0 Å². The first-order chi connectivity index (χ1) is 17.4. The van der Waals surface area contributed by atoms with E-state index < -0.39 is 47.4 Å². The lowest BCUT2D eigenvalue weighted by atomic mass is 9.85. The van der Waals surface area contributed by atoms with Crippen LogP contribution in [0.5, 0.6) is 0 Å². The molecule has 0 radical (unpaired) electrons. The summed E-state index contributed by atoms with van der Waals surface area (Å²) in [4.78, 5) is 14.7. The van der Waals surface area contributed by atoms with E-state index in [0.29, 0.717) is 5.56 Å². The van der Waals surface area contributed by atoms with Gasteiger partial charge in [-0.25, -0.2) is 21.2 Å². The van der Waals surface area contributed by atoms with E-state index in [2.05, 4.69) is 10.0 Å². The monoisotopic (exact) mass is 603 g/mol. The van der Waals surface area contributed by atoms with Crippen LogP contribution in [0, 0.1) is 11.2 Å². The molecule has 0 spiro atoms. The number of halogens is 3. The molecule has 0 unspecified atom stereocenters. The number of hydrogen-bond acceptors (Lipinski definition) is 7. The summed E-state index contributed by atoms with van der Waals surface area (Å²) in [5, 5.41) is 14.0. The third-order valence-corrected chi connectivity index (χ3v) is 9.26. The number of aliphatic hydroxyl groups is 1. The van der Waals surface area contributed by atoms with Crippen molar-refractivity contribution in [1.29, 1.82) is 0 Å². The first-order valence-electron chi connectivity index (χ1n) is 11.1. The molecule has 3 N–H and O–H groups in total. The Balaban J connectivity index is 1.80. The van der Waals surface area contributed by atoms with Gasteiger partial charge in [0, 0.05) is 12.2 Å². The Labute approximate surface area is 229 Å². The third kappa shape index (κ3) is 5.09. The molecule has 2 aromatic carbocycles. The number of anilines is 2. The second kappa shape index (κ2) is 9.44. The Morgan fingerprint density at radius 2 is 1.82 bits per heavy atom. The minimum absolute atomic E-state index is 0.000442. The summed E-state index contributed by atoms with van der Waals surface area (Å²) in [5.74, 6) is -1.71. The second-order valence-electron chi connectivity index (χ2n) is 10.1. The van der Waals surface area contributed by atoms with Gasteiger partial charge in [0.25, 0.3) is 5.91 Å². The summed E-state index contributed by atoms with van der Waals surface area (Å²) in [6.45, 7) is 5.33. The molecule has 1 atom stereocenters. The molecule has 4 rings (SSSR count). The Hall–Kier alpha value is -2.80. The molecular weight excluding hydrogens is 580 g/mol. The van der Waals surface area contributed by atoms with E-state index >= 15 is 0 Å². The van der Waals surface area contributed by atoms with Crippen molar-refractivity contribution in [3.8, 4) is 0 Å². The molecule has 204 valence electrons. The van der Waals surface area contributed by atoms with Crippen LogP contribution in [0.2, 0.25) is 5.02 Å². The highest BCUT2D eigenvalue weighted by Crippen LogP contribution is 2.45. The van der Waals surface area contributed by atoms with Gasteiger partial charge in [0.2, 0.25) is 19.9 Å². The van der Waals surface area contributed by atoms with Gasteiger partial charge in [-0.05, 0) is 41.3 Å². The summed E-state index contributed by atoms with van der Waals surface area (Å²) in [5.41, 5.74) is -0.799. The molecule has 0 aromatic heterocycles. The standard InChI is InChI=1S/C24H24Cl2FN3O6S2/c1-24(2,3)21-20(31)18(23(32)30(21)11-12-5-7-15(27)14(25)9-12)19-22(26)38(35,36)17-10-13(29-37(4,33)34)6-8-16(17)28-19/h5-10,21,28-29,31H,11H2,1-4H3/t21-/m1/s1. The molecule has 14 heteroatoms. The van der Waals surface area contributed by atoms with Gasteiger partial charge >= 0.3 is 0 Å². The maximum atomic E-state index is 13.7. The van der Waals surface area contributed by atoms with Crippen molar-refractivity contribution in [2.24, 2.45) is 5.41 Å². The van der Waals surface area contributed by atoms with E-state index in [1.165, 1.54) is 29.2 Å². The summed E-state index contributed by atoms with van der Waals surface area (Å²) in [6.07, 6.45) is 0.919. The van der Waals surface area contributed by atoms with Crippen LogP contribution in [0.1, 0.15) is 26.3 Å². The van der Waals surface area contributed by atoms with Crippen LogP contribution >= 0.6 is 23.2 Å². The van der Waals surface area contributed by atoms with Gasteiger partial charge in [-0.15, -0.1) is 0 Å². The maximum absolute atomic E-state index is 13.7. The third-order valence-electron chi connectivity index (χ3n) is 5.98. The molecule has 0 fully saturated rings. The SMILES string of the molecule is CC(C)(C)[C@H]1C(O)=C(C2=C(Cl)S(=O)(=O)c3cc(NS(C)(=O)=O)ccc3N2)C(=O)N1Cc1ccc(F)c(Cl)c1. The van der Waals surface area contributed by atoms with Crippen molar-refractivity contribution in [3.05, 3.63) is 74.2 Å². The molecule has 1 amide bonds. The van der Waals surface area contributed by atoms with Gasteiger partial charge in [-0.2, -0.15) is 0 Å². The van der Waals surface area contributed by atoms with Crippen molar-refractivity contribution in [1.82, 2.24) is 4.90 Å². The molecule has 0 saturated carbocycles. The van der Waals surface area contributed by atoms with Crippen LogP contribution in [0.15, 0.2) is 62.7 Å². The maximum Gasteiger partial charge on any atom is 0.260 e. The lowest BCUT2D eigenvalue weighted by Gasteiger charge is -2.35. The number of benzene rings is 2. The Kier molecular flexibility index (Phi) is 7.01. The van der Waals surface area contributed by atoms with Gasteiger partial charge in [-0.1, -0.05) is 50.0 Å². The first-order valence-corrected chi connectivity index (χ1v) is 15.3. The highest BCUT2D eigenvalue weighted by molar-refractivity contribution is 7.97. The summed E-state index contributed by atoms with van der Waals surface area (Å²) < 4.78 is 65.0. The topological polar surface area (TPSA) is 133 Å². The number of nitrogens with zero attached hydrogens (tertiary/aromatic N) is 1. The van der Waals surface area contributed by atoms with Gasteiger partial charge in [-0.3, -0.25) is 9.52 Å². The largest absolute Gasteiger partial charge is 0.509 e. The lowest BCUT2D eigenvalue weighted by Crippen LogP contribution is -2.43. The van der Waals surface area contributed by atoms with Gasteiger partial charge in [0.05, 0.1) is 33.6 Å². The number of amides is 1. The fourth-order valence-electron chi connectivity index (χ4n) is 4.47. The van der Waals surface area contributed by atoms with E-state index in [0.717, 1.165) is 18.4 Å². The Bertz CT molecular complexity index is 1650. The molecule has 2 aliphatic rings. The molecule has 0 aliphatic carbocycles. The molecule has 2 aliphatic heterocycles. The van der Waals surface area contributed by atoms with Crippen molar-refractivity contribution in [2.75, 3.05) is 16.3 Å². The second-order valence-corrected chi connectivity index (χ2v) is 14.7. The zero-order valence-corrected chi connectivity index (χ0v) is 23.8. The van der Waals surface area contributed by atoms with E-state index in [1.54, 1.807) is 20.8 Å². The quantitative estimate of drug-likeness (QED) is 0.450. The summed E-state index contributed by atoms with van der Waals surface area (Å²) >= 11 is 12.2. The smallest absolute Gasteiger partial charge is 0.260 e. The van der Waals surface area contributed by atoms with Crippen molar-refractivity contribution < 1.29 is 31.1 Å². The molecular formula is C24H24Cl2FN3O6S2. The molecule has 2 aromatic rings. The van der Waals surface area contributed by atoms with E-state index in [9.17, 15) is 31.1 Å². The molecule has 9 nitrogen and oxygen atoms in total. The lowest BCUT2D eigenvalue weighted by molar-refractivity contribution is -0.129. The molecule has 38 heavy (non-hydrogen) atoms. The predicted molar refractivity (Wildman–Crippen MR) is 143 cm³/mol. The van der Waals surface area contributed by atoms with E-state index in [1.807, 2.05) is 0 Å². The number of hydrogen-bond donors (Lipinski definition) is 3. The average Bonchev–Trinajstić information content (AvgIpc) is 3.02. The van der Waals surface area contributed by atoms with Crippen LogP contribution in [0.3, 0.4) is 0 Å². The number of fused-ring (bicyclic) bond motifs is 1. The zero-order valence-electron chi connectivity index (χ0n) is 20.6.